The Balaban J connectivity index is 1.75. The quantitative estimate of drug-likeness (QED) is 0.523. The topological polar surface area (TPSA) is 50.5 Å². The second-order valence-corrected chi connectivity index (χ2v) is 7.70. The van der Waals surface area contributed by atoms with Crippen LogP contribution in [0, 0.1) is 6.92 Å². The molecule has 2 aromatic carbocycles. The fourth-order valence-electron chi connectivity index (χ4n) is 3.27. The Bertz CT molecular complexity index is 1200. The first kappa shape index (κ1) is 18.4. The van der Waals surface area contributed by atoms with Crippen molar-refractivity contribution in [1.82, 2.24) is 14.6 Å². The minimum atomic E-state index is -0.0756. The first-order valence-electron chi connectivity index (χ1n) is 9.42. The molecular weight excluding hydrogens is 368 g/mol. The molecule has 2 aromatic heterocycles. The van der Waals surface area contributed by atoms with E-state index in [0.29, 0.717) is 15.3 Å². The maximum Gasteiger partial charge on any atom is 0.276 e. The van der Waals surface area contributed by atoms with Gasteiger partial charge in [-0.1, -0.05) is 53.3 Å². The van der Waals surface area contributed by atoms with Gasteiger partial charge in [0.25, 0.3) is 5.56 Å². The van der Waals surface area contributed by atoms with Gasteiger partial charge in [-0.2, -0.15) is 0 Å². The lowest BCUT2D eigenvalue weighted by atomic mass is 10.1. The number of rotatable bonds is 5. The van der Waals surface area contributed by atoms with Gasteiger partial charge in [-0.15, -0.1) is 10.2 Å². The number of aryl methyl sites for hydroxylation is 1. The third kappa shape index (κ3) is 3.31. The summed E-state index contributed by atoms with van der Waals surface area (Å²) in [5.41, 5.74) is 4.18. The van der Waals surface area contributed by atoms with Crippen molar-refractivity contribution in [2.45, 2.75) is 20.8 Å². The minimum absolute atomic E-state index is 0.0756. The number of nitrogens with zero attached hydrogens (tertiary/aromatic N) is 4. The fraction of sp³-hybridized carbons (Fsp3) is 0.227. The van der Waals surface area contributed by atoms with E-state index >= 15 is 0 Å². The Labute approximate surface area is 167 Å². The van der Waals surface area contributed by atoms with Crippen LogP contribution in [0.25, 0.3) is 22.4 Å². The zero-order valence-electron chi connectivity index (χ0n) is 16.2. The lowest BCUT2D eigenvalue weighted by molar-refractivity contribution is 0.866. The Morgan fingerprint density at radius 1 is 1.00 bits per heavy atom. The van der Waals surface area contributed by atoms with Gasteiger partial charge >= 0.3 is 0 Å². The van der Waals surface area contributed by atoms with Crippen LogP contribution in [-0.4, -0.2) is 27.7 Å². The molecule has 0 unspecified atom stereocenters. The Morgan fingerprint density at radius 3 is 2.32 bits per heavy atom. The van der Waals surface area contributed by atoms with Crippen molar-refractivity contribution >= 4 is 28.1 Å². The van der Waals surface area contributed by atoms with Crippen molar-refractivity contribution in [2.24, 2.45) is 0 Å². The summed E-state index contributed by atoms with van der Waals surface area (Å²) in [6, 6.07) is 16.3. The molecule has 4 rings (SSSR count). The Morgan fingerprint density at radius 2 is 1.68 bits per heavy atom. The summed E-state index contributed by atoms with van der Waals surface area (Å²) in [5.74, 6) is 0.591. The van der Waals surface area contributed by atoms with Crippen molar-refractivity contribution in [3.05, 3.63) is 74.5 Å². The number of aromatic nitrogens is 3. The summed E-state index contributed by atoms with van der Waals surface area (Å²) < 4.78 is 2.26. The zero-order chi connectivity index (χ0) is 19.7. The molecule has 0 N–H and O–H groups in total. The molecule has 6 heteroatoms. The number of hydrogen-bond donors (Lipinski definition) is 0. The molecule has 0 saturated carbocycles. The van der Waals surface area contributed by atoms with Gasteiger partial charge in [-0.05, 0) is 44.5 Å². The predicted molar refractivity (Wildman–Crippen MR) is 116 cm³/mol. The first-order valence-corrected chi connectivity index (χ1v) is 10.2. The highest BCUT2D eigenvalue weighted by molar-refractivity contribution is 7.15. The number of thiazole rings is 1. The maximum atomic E-state index is 13.0. The van der Waals surface area contributed by atoms with Crippen LogP contribution in [-0.2, 0) is 0 Å². The van der Waals surface area contributed by atoms with Gasteiger partial charge in [0, 0.05) is 24.3 Å². The van der Waals surface area contributed by atoms with Crippen molar-refractivity contribution in [3.8, 4) is 11.4 Å². The molecule has 0 spiro atoms. The van der Waals surface area contributed by atoms with E-state index in [4.69, 9.17) is 0 Å². The van der Waals surface area contributed by atoms with Crippen LogP contribution in [0.3, 0.4) is 0 Å². The van der Waals surface area contributed by atoms with Crippen LogP contribution >= 0.6 is 11.3 Å². The number of benzene rings is 2. The standard InChI is InChI=1S/C22H22N4OS/c1-4-25(5-2)18-12-8-16(9-13-18)14-19-21(27)26-20(23-24-22(26)28-19)17-10-6-15(3)7-11-17/h6-14H,4-5H2,1-3H3/b19-14+. The number of hydrogen-bond acceptors (Lipinski definition) is 5. The molecule has 0 aliphatic carbocycles. The summed E-state index contributed by atoms with van der Waals surface area (Å²) in [6.07, 6.45) is 1.92. The Hall–Kier alpha value is -2.99. The van der Waals surface area contributed by atoms with Crippen molar-refractivity contribution in [1.29, 1.82) is 0 Å². The van der Waals surface area contributed by atoms with E-state index in [-0.39, 0.29) is 5.56 Å². The van der Waals surface area contributed by atoms with Gasteiger partial charge in [-0.25, -0.2) is 4.40 Å². The van der Waals surface area contributed by atoms with E-state index in [2.05, 4.69) is 53.2 Å². The van der Waals surface area contributed by atoms with Gasteiger partial charge in [-0.3, -0.25) is 4.79 Å². The van der Waals surface area contributed by atoms with Crippen molar-refractivity contribution < 1.29 is 0 Å². The Kier molecular flexibility index (Phi) is 4.96. The highest BCUT2D eigenvalue weighted by atomic mass is 32.1. The van der Waals surface area contributed by atoms with Gasteiger partial charge in [0.2, 0.25) is 4.96 Å². The maximum absolute atomic E-state index is 13.0. The molecule has 0 aliphatic rings. The third-order valence-corrected chi connectivity index (χ3v) is 5.84. The second kappa shape index (κ2) is 7.56. The summed E-state index contributed by atoms with van der Waals surface area (Å²) in [6.45, 7) is 8.27. The number of fused-ring (bicyclic) bond motifs is 1. The van der Waals surface area contributed by atoms with E-state index in [1.807, 2.05) is 37.3 Å². The highest BCUT2D eigenvalue weighted by Crippen LogP contribution is 2.19. The summed E-state index contributed by atoms with van der Waals surface area (Å²) in [4.78, 5) is 15.9. The van der Waals surface area contributed by atoms with E-state index in [9.17, 15) is 4.79 Å². The molecule has 28 heavy (non-hydrogen) atoms. The first-order chi connectivity index (χ1) is 13.6. The molecule has 4 aromatic rings. The average Bonchev–Trinajstić information content (AvgIpc) is 3.25. The van der Waals surface area contributed by atoms with E-state index in [1.54, 1.807) is 4.40 Å². The SMILES string of the molecule is CCN(CC)c1ccc(/C=c2/sc3nnc(-c4ccc(C)cc4)n3c2=O)cc1. The lowest BCUT2D eigenvalue weighted by Gasteiger charge is -2.20. The molecule has 0 atom stereocenters. The molecular formula is C22H22N4OS. The zero-order valence-corrected chi connectivity index (χ0v) is 17.0. The fourth-order valence-corrected chi connectivity index (χ4v) is 4.19. The van der Waals surface area contributed by atoms with E-state index in [0.717, 1.165) is 24.2 Å². The van der Waals surface area contributed by atoms with Crippen LogP contribution in [0.1, 0.15) is 25.0 Å². The molecule has 0 radical (unpaired) electrons. The van der Waals surface area contributed by atoms with Crippen LogP contribution in [0.2, 0.25) is 0 Å². The molecule has 142 valence electrons. The van der Waals surface area contributed by atoms with Gasteiger partial charge < -0.3 is 4.90 Å². The lowest BCUT2D eigenvalue weighted by Crippen LogP contribution is -2.23. The molecule has 0 fully saturated rings. The smallest absolute Gasteiger partial charge is 0.276 e. The minimum Gasteiger partial charge on any atom is -0.372 e. The van der Waals surface area contributed by atoms with E-state index in [1.165, 1.54) is 22.6 Å². The predicted octanol–water partition coefficient (Wildman–Crippen LogP) is 3.52. The van der Waals surface area contributed by atoms with Gasteiger partial charge in [0.1, 0.15) is 0 Å². The van der Waals surface area contributed by atoms with Crippen LogP contribution < -0.4 is 15.0 Å². The van der Waals surface area contributed by atoms with Crippen molar-refractivity contribution in [2.75, 3.05) is 18.0 Å². The summed E-state index contributed by atoms with van der Waals surface area (Å²) in [7, 11) is 0. The van der Waals surface area contributed by atoms with Gasteiger partial charge in [0.15, 0.2) is 5.82 Å². The second-order valence-electron chi connectivity index (χ2n) is 6.69. The molecule has 0 saturated heterocycles. The largest absolute Gasteiger partial charge is 0.372 e. The summed E-state index contributed by atoms with van der Waals surface area (Å²) >= 11 is 1.37. The van der Waals surface area contributed by atoms with Crippen LogP contribution in [0.5, 0.6) is 0 Å². The van der Waals surface area contributed by atoms with Crippen LogP contribution in [0.15, 0.2) is 53.3 Å². The van der Waals surface area contributed by atoms with E-state index < -0.39 is 0 Å². The number of anilines is 1. The molecule has 2 heterocycles. The molecule has 0 amide bonds. The van der Waals surface area contributed by atoms with Gasteiger partial charge in [0.05, 0.1) is 4.53 Å². The average molecular weight is 391 g/mol. The highest BCUT2D eigenvalue weighted by Gasteiger charge is 2.14. The molecule has 5 nitrogen and oxygen atoms in total. The third-order valence-electron chi connectivity index (χ3n) is 4.88. The normalized spacial score (nSPS) is 12.0. The molecule has 0 aliphatic heterocycles. The van der Waals surface area contributed by atoms with Crippen LogP contribution in [0.4, 0.5) is 5.69 Å². The molecule has 0 bridgehead atoms. The van der Waals surface area contributed by atoms with Crippen molar-refractivity contribution in [3.63, 3.8) is 0 Å². The summed E-state index contributed by atoms with van der Waals surface area (Å²) in [5, 5.41) is 8.42. The monoisotopic (exact) mass is 390 g/mol.